The first kappa shape index (κ1) is 31.4. The molecule has 0 heteroatoms. The molecule has 19 heavy (non-hydrogen) atoms. The fourth-order valence-corrected chi connectivity index (χ4v) is 1.03. The molecule has 0 fully saturated rings. The zero-order chi connectivity index (χ0) is 16.4. The Bertz CT molecular complexity index is 51.1. The van der Waals surface area contributed by atoms with Crippen LogP contribution in [0.3, 0.4) is 0 Å². The van der Waals surface area contributed by atoms with Crippen LogP contribution < -0.4 is 0 Å². The summed E-state index contributed by atoms with van der Waals surface area (Å²) in [5.41, 5.74) is 0. The van der Waals surface area contributed by atoms with Crippen molar-refractivity contribution in [2.45, 2.75) is 127 Å². The highest BCUT2D eigenvalue weighted by atomic mass is 13.9. The molecule has 0 unspecified atom stereocenters. The van der Waals surface area contributed by atoms with Crippen molar-refractivity contribution in [1.82, 2.24) is 0 Å². The van der Waals surface area contributed by atoms with Gasteiger partial charge in [-0.25, -0.2) is 0 Å². The van der Waals surface area contributed by atoms with Crippen LogP contribution in [-0.4, -0.2) is 0 Å². The van der Waals surface area contributed by atoms with Crippen molar-refractivity contribution in [3.05, 3.63) is 0 Å². The van der Waals surface area contributed by atoms with Crippen LogP contribution in [-0.2, 0) is 0 Å². The van der Waals surface area contributed by atoms with Gasteiger partial charge in [0, 0.05) is 0 Å². The molecule has 0 spiro atoms. The maximum Gasteiger partial charge on any atom is -0.0533 e. The second-order valence-electron chi connectivity index (χ2n) is 4.12. The molecule has 0 N–H and O–H groups in total. The van der Waals surface area contributed by atoms with Gasteiger partial charge in [-0.3, -0.25) is 0 Å². The molecular weight excluding hydrogens is 228 g/mol. The Labute approximate surface area is 127 Å². The third-order valence-corrected chi connectivity index (χ3v) is 1.91. The first-order valence-electron chi connectivity index (χ1n) is 9.24. The minimum atomic E-state index is 1.25. The highest BCUT2D eigenvalue weighted by molar-refractivity contribution is 4.35. The summed E-state index contributed by atoms with van der Waals surface area (Å²) >= 11 is 0. The lowest BCUT2D eigenvalue weighted by molar-refractivity contribution is 0.656. The van der Waals surface area contributed by atoms with Crippen LogP contribution in [0.2, 0.25) is 0 Å². The maximum absolute atomic E-state index is 2.25. The molecule has 0 bridgehead atoms. The lowest BCUT2D eigenvalue weighted by Crippen LogP contribution is -1.70. The van der Waals surface area contributed by atoms with Gasteiger partial charge < -0.3 is 0 Å². The van der Waals surface area contributed by atoms with Gasteiger partial charge in [-0.2, -0.15) is 0 Å². The van der Waals surface area contributed by atoms with E-state index in [-0.39, 0.29) is 0 Å². The highest BCUT2D eigenvalue weighted by Gasteiger charge is 1.80. The normalized spacial score (nSPS) is 7.26. The predicted octanol–water partition coefficient (Wildman–Crippen LogP) is 8.64. The molecular formula is C19H48. The van der Waals surface area contributed by atoms with Crippen LogP contribution in [0.5, 0.6) is 0 Å². The molecule has 0 aromatic heterocycles. The fourth-order valence-electron chi connectivity index (χ4n) is 1.03. The van der Waals surface area contributed by atoms with E-state index in [0.29, 0.717) is 0 Å². The zero-order valence-corrected chi connectivity index (χ0v) is 16.4. The lowest BCUT2D eigenvalue weighted by Gasteiger charge is -1.90. The van der Waals surface area contributed by atoms with E-state index < -0.39 is 0 Å². The van der Waals surface area contributed by atoms with E-state index in [2.05, 4.69) is 41.5 Å². The average molecular weight is 277 g/mol. The molecule has 0 aliphatic rings. The fraction of sp³-hybridized carbons (Fsp3) is 1.00. The van der Waals surface area contributed by atoms with Gasteiger partial charge in [0.05, 0.1) is 0 Å². The van der Waals surface area contributed by atoms with Crippen molar-refractivity contribution < 1.29 is 0 Å². The Morgan fingerprint density at radius 1 is 0.368 bits per heavy atom. The molecule has 124 valence electrons. The third kappa shape index (κ3) is 128. The van der Waals surface area contributed by atoms with Crippen LogP contribution >= 0.6 is 0 Å². The molecule has 0 heterocycles. The predicted molar refractivity (Wildman–Crippen MR) is 98.3 cm³/mol. The standard InChI is InChI=1S/C7H16.C5H12.C3H8.2C2H6/c1-3-5-7-6-4-2;1-3-5-4-2;1-3-2;2*1-2/h3-7H2,1-2H3;3-5H2,1-2H3;3H2,1-2H3;2*1-2H3. The molecule has 0 nitrogen and oxygen atoms in total. The van der Waals surface area contributed by atoms with Crippen LogP contribution in [0, 0.1) is 0 Å². The molecule has 0 aromatic carbocycles. The van der Waals surface area contributed by atoms with E-state index in [1.165, 1.54) is 57.8 Å². The number of hydrogen-bond acceptors (Lipinski definition) is 0. The molecule has 0 aliphatic heterocycles. The summed E-state index contributed by atoms with van der Waals surface area (Å²) in [4.78, 5) is 0. The van der Waals surface area contributed by atoms with E-state index in [1.807, 2.05) is 27.7 Å². The molecule has 0 saturated carbocycles. The van der Waals surface area contributed by atoms with E-state index >= 15 is 0 Å². The van der Waals surface area contributed by atoms with Gasteiger partial charge in [0.25, 0.3) is 0 Å². The monoisotopic (exact) mass is 276 g/mol. The van der Waals surface area contributed by atoms with Crippen molar-refractivity contribution in [2.24, 2.45) is 0 Å². The Kier molecular flexibility index (Phi) is 106. The van der Waals surface area contributed by atoms with Crippen LogP contribution in [0.15, 0.2) is 0 Å². The largest absolute Gasteiger partial charge is 0.0683 e. The first-order chi connectivity index (χ1) is 9.24. The second kappa shape index (κ2) is 64.2. The van der Waals surface area contributed by atoms with E-state index in [4.69, 9.17) is 0 Å². The van der Waals surface area contributed by atoms with Crippen molar-refractivity contribution >= 4 is 0 Å². The van der Waals surface area contributed by atoms with Gasteiger partial charge >= 0.3 is 0 Å². The molecule has 0 aromatic rings. The van der Waals surface area contributed by atoms with Crippen molar-refractivity contribution in [3.8, 4) is 0 Å². The number of rotatable bonds is 6. The second-order valence-corrected chi connectivity index (χ2v) is 4.12. The Hall–Kier alpha value is 0. The van der Waals surface area contributed by atoms with Crippen molar-refractivity contribution in [2.75, 3.05) is 0 Å². The molecule has 0 atom stereocenters. The van der Waals surface area contributed by atoms with Crippen molar-refractivity contribution in [1.29, 1.82) is 0 Å². The molecule has 0 radical (unpaired) electrons. The number of hydrogen-bond donors (Lipinski definition) is 0. The smallest absolute Gasteiger partial charge is 0.0533 e. The number of unbranched alkanes of at least 4 members (excludes halogenated alkanes) is 6. The molecule has 0 saturated heterocycles. The van der Waals surface area contributed by atoms with Gasteiger partial charge in [0.1, 0.15) is 0 Å². The summed E-state index contributed by atoms with van der Waals surface area (Å²) in [6.45, 7) is 21.2. The first-order valence-corrected chi connectivity index (χ1v) is 9.24. The quantitative estimate of drug-likeness (QED) is 0.426. The minimum Gasteiger partial charge on any atom is -0.0683 e. The van der Waals surface area contributed by atoms with Gasteiger partial charge in [-0.05, 0) is 0 Å². The maximum atomic E-state index is 2.25. The van der Waals surface area contributed by atoms with Crippen LogP contribution in [0.4, 0.5) is 0 Å². The summed E-state index contributed by atoms with van der Waals surface area (Å²) in [6.07, 6.45) is 12.3. The summed E-state index contributed by atoms with van der Waals surface area (Å²) in [5, 5.41) is 0. The molecule has 0 rings (SSSR count). The Balaban J connectivity index is -0.0000000480. The van der Waals surface area contributed by atoms with Crippen LogP contribution in [0.25, 0.3) is 0 Å². The van der Waals surface area contributed by atoms with Gasteiger partial charge in [-0.1, -0.05) is 127 Å². The zero-order valence-electron chi connectivity index (χ0n) is 16.4. The van der Waals surface area contributed by atoms with Gasteiger partial charge in [0.2, 0.25) is 0 Å². The van der Waals surface area contributed by atoms with Crippen LogP contribution in [0.1, 0.15) is 127 Å². The van der Waals surface area contributed by atoms with Gasteiger partial charge in [-0.15, -0.1) is 0 Å². The van der Waals surface area contributed by atoms with Crippen molar-refractivity contribution in [3.63, 3.8) is 0 Å². The summed E-state index contributed by atoms with van der Waals surface area (Å²) in [5.74, 6) is 0. The SMILES string of the molecule is CC.CC.CCC.CCCCC.CCCCCCC. The summed E-state index contributed by atoms with van der Waals surface area (Å²) in [7, 11) is 0. The van der Waals surface area contributed by atoms with E-state index in [9.17, 15) is 0 Å². The molecule has 0 aliphatic carbocycles. The highest BCUT2D eigenvalue weighted by Crippen LogP contribution is 2.00. The summed E-state index contributed by atoms with van der Waals surface area (Å²) < 4.78 is 0. The Morgan fingerprint density at radius 3 is 0.684 bits per heavy atom. The minimum absolute atomic E-state index is 1.25. The Morgan fingerprint density at radius 2 is 0.579 bits per heavy atom. The van der Waals surface area contributed by atoms with E-state index in [1.54, 1.807) is 0 Å². The third-order valence-electron chi connectivity index (χ3n) is 1.91. The lowest BCUT2D eigenvalue weighted by atomic mass is 10.2. The van der Waals surface area contributed by atoms with E-state index in [0.717, 1.165) is 0 Å². The molecule has 0 amide bonds. The average Bonchev–Trinajstić information content (AvgIpc) is 2.46. The topological polar surface area (TPSA) is 0 Å². The van der Waals surface area contributed by atoms with Gasteiger partial charge in [0.15, 0.2) is 0 Å². The summed E-state index contributed by atoms with van der Waals surface area (Å²) in [6, 6.07) is 0.